The van der Waals surface area contributed by atoms with E-state index >= 15 is 0 Å². The smallest absolute Gasteiger partial charge is 0.0445 e. The molecule has 0 radical (unpaired) electrons. The minimum absolute atomic E-state index is 0.178. The fraction of sp³-hybridized carbons (Fsp3) is 1.00. The summed E-state index contributed by atoms with van der Waals surface area (Å²) in [6, 6.07) is 0.178. The summed E-state index contributed by atoms with van der Waals surface area (Å²) in [5, 5.41) is 8.54. The number of aliphatic hydroxyl groups is 1. The van der Waals surface area contributed by atoms with Crippen molar-refractivity contribution in [1.29, 1.82) is 0 Å². The zero-order chi connectivity index (χ0) is 8.53. The van der Waals surface area contributed by atoms with Crippen LogP contribution >= 0.6 is 0 Å². The van der Waals surface area contributed by atoms with Crippen molar-refractivity contribution in [2.24, 2.45) is 11.5 Å². The van der Waals surface area contributed by atoms with E-state index in [1.54, 1.807) is 0 Å². The van der Waals surface area contributed by atoms with Crippen LogP contribution in [0.5, 0.6) is 0 Å². The third-order valence-corrected chi connectivity index (χ3v) is 1.78. The maximum atomic E-state index is 8.54. The molecule has 5 N–H and O–H groups in total. The molecule has 11 heavy (non-hydrogen) atoms. The number of rotatable bonds is 7. The molecule has 0 aromatic heterocycles. The highest BCUT2D eigenvalue weighted by Gasteiger charge is 1.99. The normalized spacial score (nSPS) is 13.4. The van der Waals surface area contributed by atoms with Gasteiger partial charge in [-0.1, -0.05) is 12.8 Å². The molecule has 68 valence electrons. The number of hydrogen-bond acceptors (Lipinski definition) is 3. The summed E-state index contributed by atoms with van der Waals surface area (Å²) in [6.45, 7) is 0.979. The molecule has 0 amide bonds. The summed E-state index contributed by atoms with van der Waals surface area (Å²) in [4.78, 5) is 0. The van der Waals surface area contributed by atoms with E-state index in [0.29, 0.717) is 0 Å². The highest BCUT2D eigenvalue weighted by molar-refractivity contribution is 4.60. The van der Waals surface area contributed by atoms with E-state index < -0.39 is 0 Å². The summed E-state index contributed by atoms with van der Waals surface area (Å²) in [5.41, 5.74) is 11.0. The molecule has 0 aromatic rings. The molecular formula is C8H20N2O. The average molecular weight is 160 g/mol. The first-order valence-corrected chi connectivity index (χ1v) is 4.37. The predicted octanol–water partition coefficient (Wildman–Crippen LogP) is 0.215. The Bertz CT molecular complexity index is 78.5. The van der Waals surface area contributed by atoms with E-state index in [1.165, 1.54) is 0 Å². The molecule has 0 heterocycles. The molecule has 0 spiro atoms. The van der Waals surface area contributed by atoms with Crippen LogP contribution < -0.4 is 11.5 Å². The zero-order valence-corrected chi connectivity index (χ0v) is 7.13. The summed E-state index contributed by atoms with van der Waals surface area (Å²) in [5.74, 6) is 0. The third kappa shape index (κ3) is 7.78. The second-order valence-corrected chi connectivity index (χ2v) is 2.91. The van der Waals surface area contributed by atoms with Crippen molar-refractivity contribution in [3.63, 3.8) is 0 Å². The van der Waals surface area contributed by atoms with Crippen LogP contribution in [0.25, 0.3) is 0 Å². The van der Waals surface area contributed by atoms with Gasteiger partial charge in [-0.05, 0) is 25.8 Å². The second-order valence-electron chi connectivity index (χ2n) is 2.91. The van der Waals surface area contributed by atoms with Gasteiger partial charge in [0.2, 0.25) is 0 Å². The predicted molar refractivity (Wildman–Crippen MR) is 47.2 cm³/mol. The van der Waals surface area contributed by atoms with Crippen molar-refractivity contribution in [2.45, 2.75) is 38.1 Å². The van der Waals surface area contributed by atoms with Crippen LogP contribution in [0.3, 0.4) is 0 Å². The summed E-state index contributed by atoms with van der Waals surface area (Å²) >= 11 is 0. The SMILES string of the molecule is NCCCCCC(N)CCO. The van der Waals surface area contributed by atoms with E-state index in [4.69, 9.17) is 16.6 Å². The molecule has 0 aliphatic heterocycles. The Kier molecular flexibility index (Phi) is 7.89. The van der Waals surface area contributed by atoms with Crippen LogP contribution in [0, 0.1) is 0 Å². The highest BCUT2D eigenvalue weighted by Crippen LogP contribution is 2.03. The first-order valence-electron chi connectivity index (χ1n) is 4.37. The van der Waals surface area contributed by atoms with Crippen LogP contribution in [0.1, 0.15) is 32.1 Å². The lowest BCUT2D eigenvalue weighted by Crippen LogP contribution is -2.21. The summed E-state index contributed by atoms with van der Waals surface area (Å²) < 4.78 is 0. The van der Waals surface area contributed by atoms with Gasteiger partial charge >= 0.3 is 0 Å². The second kappa shape index (κ2) is 7.98. The molecule has 3 nitrogen and oxygen atoms in total. The Balaban J connectivity index is 2.97. The van der Waals surface area contributed by atoms with Gasteiger partial charge in [0.05, 0.1) is 0 Å². The molecule has 1 atom stereocenters. The molecule has 0 aliphatic carbocycles. The van der Waals surface area contributed by atoms with E-state index in [2.05, 4.69) is 0 Å². The Morgan fingerprint density at radius 1 is 1.09 bits per heavy atom. The van der Waals surface area contributed by atoms with Crippen LogP contribution in [-0.4, -0.2) is 24.3 Å². The molecule has 0 rings (SSSR count). The van der Waals surface area contributed by atoms with Crippen LogP contribution in [0.15, 0.2) is 0 Å². The molecule has 0 aromatic carbocycles. The lowest BCUT2D eigenvalue weighted by molar-refractivity contribution is 0.272. The van der Waals surface area contributed by atoms with Crippen molar-refractivity contribution < 1.29 is 5.11 Å². The van der Waals surface area contributed by atoms with E-state index in [9.17, 15) is 0 Å². The number of aliphatic hydroxyl groups excluding tert-OH is 1. The Morgan fingerprint density at radius 3 is 2.36 bits per heavy atom. The third-order valence-electron chi connectivity index (χ3n) is 1.78. The van der Waals surface area contributed by atoms with Gasteiger partial charge < -0.3 is 16.6 Å². The lowest BCUT2D eigenvalue weighted by Gasteiger charge is -2.08. The van der Waals surface area contributed by atoms with Gasteiger partial charge in [0, 0.05) is 12.6 Å². The van der Waals surface area contributed by atoms with Gasteiger partial charge in [-0.25, -0.2) is 0 Å². The van der Waals surface area contributed by atoms with Crippen molar-refractivity contribution in [2.75, 3.05) is 13.2 Å². The molecule has 3 heteroatoms. The molecule has 0 saturated heterocycles. The molecule has 0 bridgehead atoms. The van der Waals surface area contributed by atoms with Gasteiger partial charge in [-0.15, -0.1) is 0 Å². The zero-order valence-electron chi connectivity index (χ0n) is 7.13. The molecule has 1 unspecified atom stereocenters. The Labute approximate surface area is 68.8 Å². The van der Waals surface area contributed by atoms with Gasteiger partial charge in [0.25, 0.3) is 0 Å². The molecule has 0 saturated carbocycles. The number of hydrogen-bond donors (Lipinski definition) is 3. The largest absolute Gasteiger partial charge is 0.396 e. The van der Waals surface area contributed by atoms with Crippen LogP contribution in [0.2, 0.25) is 0 Å². The quantitative estimate of drug-likeness (QED) is 0.466. The molecule has 0 fully saturated rings. The van der Waals surface area contributed by atoms with Gasteiger partial charge in [0.1, 0.15) is 0 Å². The van der Waals surface area contributed by atoms with E-state index in [0.717, 1.165) is 38.6 Å². The summed E-state index contributed by atoms with van der Waals surface area (Å²) in [7, 11) is 0. The minimum atomic E-state index is 0.178. The number of nitrogens with two attached hydrogens (primary N) is 2. The van der Waals surface area contributed by atoms with Gasteiger partial charge in [-0.2, -0.15) is 0 Å². The van der Waals surface area contributed by atoms with Crippen molar-refractivity contribution in [3.8, 4) is 0 Å². The first-order chi connectivity index (χ1) is 5.31. The lowest BCUT2D eigenvalue weighted by atomic mass is 10.1. The maximum Gasteiger partial charge on any atom is 0.0445 e. The summed E-state index contributed by atoms with van der Waals surface area (Å²) in [6.07, 6.45) is 5.13. The minimum Gasteiger partial charge on any atom is -0.396 e. The maximum absolute atomic E-state index is 8.54. The van der Waals surface area contributed by atoms with Gasteiger partial charge in [-0.3, -0.25) is 0 Å². The standard InChI is InChI=1S/C8H20N2O/c9-6-3-1-2-4-8(10)5-7-11/h8,11H,1-7,9-10H2. The van der Waals surface area contributed by atoms with Crippen molar-refractivity contribution in [3.05, 3.63) is 0 Å². The first kappa shape index (κ1) is 10.9. The van der Waals surface area contributed by atoms with Gasteiger partial charge in [0.15, 0.2) is 0 Å². The highest BCUT2D eigenvalue weighted by atomic mass is 16.3. The fourth-order valence-electron chi connectivity index (χ4n) is 1.04. The van der Waals surface area contributed by atoms with E-state index in [-0.39, 0.29) is 12.6 Å². The fourth-order valence-corrected chi connectivity index (χ4v) is 1.04. The molecule has 0 aliphatic rings. The topological polar surface area (TPSA) is 72.3 Å². The molecular weight excluding hydrogens is 140 g/mol. The number of unbranched alkanes of at least 4 members (excludes halogenated alkanes) is 2. The van der Waals surface area contributed by atoms with Crippen molar-refractivity contribution in [1.82, 2.24) is 0 Å². The Morgan fingerprint density at radius 2 is 1.82 bits per heavy atom. The Hall–Kier alpha value is -0.120. The average Bonchev–Trinajstić information content (AvgIpc) is 1.99. The van der Waals surface area contributed by atoms with Crippen molar-refractivity contribution >= 4 is 0 Å². The van der Waals surface area contributed by atoms with Crippen LogP contribution in [-0.2, 0) is 0 Å². The van der Waals surface area contributed by atoms with E-state index in [1.807, 2.05) is 0 Å². The van der Waals surface area contributed by atoms with Crippen LogP contribution in [0.4, 0.5) is 0 Å². The monoisotopic (exact) mass is 160 g/mol.